The summed E-state index contributed by atoms with van der Waals surface area (Å²) in [6.07, 6.45) is 1.66. The lowest BCUT2D eigenvalue weighted by Gasteiger charge is -2.04. The van der Waals surface area contributed by atoms with E-state index in [1.807, 2.05) is 25.1 Å². The first-order valence-electron chi connectivity index (χ1n) is 6.64. The summed E-state index contributed by atoms with van der Waals surface area (Å²) in [5.41, 5.74) is 1.29. The number of ether oxygens (including phenoxy) is 2. The second kappa shape index (κ2) is 5.62. The van der Waals surface area contributed by atoms with Gasteiger partial charge in [-0.05, 0) is 36.8 Å². The summed E-state index contributed by atoms with van der Waals surface area (Å²) in [6, 6.07) is 12.5. The van der Waals surface area contributed by atoms with E-state index < -0.39 is 0 Å². The smallest absolute Gasteiger partial charge is 0.231 e. The molecule has 0 radical (unpaired) electrons. The fourth-order valence-electron chi connectivity index (χ4n) is 2.16. The molecule has 106 valence electrons. The molecule has 0 aliphatic carbocycles. The Morgan fingerprint density at radius 2 is 2.05 bits per heavy atom. The van der Waals surface area contributed by atoms with Crippen molar-refractivity contribution in [3.63, 3.8) is 0 Å². The van der Waals surface area contributed by atoms with E-state index in [-0.39, 0.29) is 11.5 Å². The number of halogens is 1. The molecule has 4 heteroatoms. The van der Waals surface area contributed by atoms with Crippen molar-refractivity contribution < 1.29 is 14.3 Å². The summed E-state index contributed by atoms with van der Waals surface area (Å²) >= 11 is 6.10. The summed E-state index contributed by atoms with van der Waals surface area (Å²) in [4.78, 5) is 12.3. The van der Waals surface area contributed by atoms with Crippen LogP contribution in [0.1, 0.15) is 22.8 Å². The van der Waals surface area contributed by atoms with Crippen molar-refractivity contribution in [2.75, 3.05) is 6.61 Å². The molecule has 0 fully saturated rings. The summed E-state index contributed by atoms with van der Waals surface area (Å²) in [7, 11) is 0. The summed E-state index contributed by atoms with van der Waals surface area (Å²) in [5.74, 6) is 1.33. The Morgan fingerprint density at radius 3 is 2.81 bits per heavy atom. The van der Waals surface area contributed by atoms with Crippen molar-refractivity contribution in [3.8, 4) is 11.5 Å². The highest BCUT2D eigenvalue weighted by molar-refractivity contribution is 6.32. The van der Waals surface area contributed by atoms with Gasteiger partial charge in [0.15, 0.2) is 5.76 Å². The van der Waals surface area contributed by atoms with Gasteiger partial charge in [0.1, 0.15) is 11.5 Å². The van der Waals surface area contributed by atoms with Crippen LogP contribution in [-0.2, 0) is 0 Å². The largest absolute Gasteiger partial charge is 0.494 e. The molecule has 0 bridgehead atoms. The molecule has 0 saturated heterocycles. The van der Waals surface area contributed by atoms with Gasteiger partial charge in [-0.1, -0.05) is 29.8 Å². The van der Waals surface area contributed by atoms with Crippen LogP contribution in [0.4, 0.5) is 0 Å². The number of carbonyl (C=O) groups excluding carboxylic acids is 1. The van der Waals surface area contributed by atoms with Crippen LogP contribution in [0.25, 0.3) is 6.08 Å². The van der Waals surface area contributed by atoms with E-state index >= 15 is 0 Å². The maximum absolute atomic E-state index is 12.3. The molecule has 0 N–H and O–H groups in total. The molecule has 1 aliphatic rings. The maximum atomic E-state index is 12.3. The number of allylic oxidation sites excluding steroid dienone is 1. The van der Waals surface area contributed by atoms with Crippen LogP contribution < -0.4 is 9.47 Å². The number of Topliss-reactive ketones (excluding diaryl/α,β-unsaturated/α-hetero) is 1. The Balaban J connectivity index is 1.95. The van der Waals surface area contributed by atoms with E-state index in [9.17, 15) is 4.79 Å². The van der Waals surface area contributed by atoms with Crippen LogP contribution in [0.3, 0.4) is 0 Å². The third kappa shape index (κ3) is 2.65. The monoisotopic (exact) mass is 300 g/mol. The van der Waals surface area contributed by atoms with Crippen LogP contribution in [0.5, 0.6) is 11.5 Å². The molecule has 0 atom stereocenters. The highest BCUT2D eigenvalue weighted by Gasteiger charge is 2.27. The Kier molecular flexibility index (Phi) is 3.67. The normalized spacial score (nSPS) is 15.0. The van der Waals surface area contributed by atoms with Crippen LogP contribution in [-0.4, -0.2) is 12.4 Å². The van der Waals surface area contributed by atoms with Gasteiger partial charge >= 0.3 is 0 Å². The average Bonchev–Trinajstić information content (AvgIpc) is 2.78. The molecular weight excluding hydrogens is 288 g/mol. The van der Waals surface area contributed by atoms with Crippen molar-refractivity contribution >= 4 is 23.5 Å². The molecule has 0 spiro atoms. The second-order valence-corrected chi connectivity index (χ2v) is 4.96. The molecule has 3 rings (SSSR count). The molecule has 1 aliphatic heterocycles. The Hall–Kier alpha value is -2.26. The van der Waals surface area contributed by atoms with Crippen molar-refractivity contribution in [1.82, 2.24) is 0 Å². The van der Waals surface area contributed by atoms with Gasteiger partial charge < -0.3 is 9.47 Å². The highest BCUT2D eigenvalue weighted by atomic mass is 35.5. The van der Waals surface area contributed by atoms with Crippen LogP contribution >= 0.6 is 11.6 Å². The fraction of sp³-hybridized carbons (Fsp3) is 0.118. The van der Waals surface area contributed by atoms with Gasteiger partial charge in [0.05, 0.1) is 12.2 Å². The minimum atomic E-state index is -0.145. The van der Waals surface area contributed by atoms with Gasteiger partial charge in [0.25, 0.3) is 0 Å². The topological polar surface area (TPSA) is 35.5 Å². The molecule has 0 saturated carbocycles. The number of fused-ring (bicyclic) bond motifs is 1. The molecule has 0 aromatic heterocycles. The predicted octanol–water partition coefficient (Wildman–Crippen LogP) is 4.35. The molecule has 2 aromatic rings. The lowest BCUT2D eigenvalue weighted by Crippen LogP contribution is -1.98. The van der Waals surface area contributed by atoms with Crippen molar-refractivity contribution in [2.24, 2.45) is 0 Å². The zero-order chi connectivity index (χ0) is 14.8. The number of carbonyl (C=O) groups is 1. The van der Waals surface area contributed by atoms with E-state index in [1.54, 1.807) is 30.3 Å². The van der Waals surface area contributed by atoms with Gasteiger partial charge in [-0.3, -0.25) is 4.79 Å². The molecule has 0 unspecified atom stereocenters. The summed E-state index contributed by atoms with van der Waals surface area (Å²) < 4.78 is 11.0. The number of hydrogen-bond acceptors (Lipinski definition) is 3. The Morgan fingerprint density at radius 1 is 1.24 bits per heavy atom. The number of benzene rings is 2. The lowest BCUT2D eigenvalue weighted by molar-refractivity contribution is 0.101. The Bertz CT molecular complexity index is 735. The van der Waals surface area contributed by atoms with Crippen molar-refractivity contribution in [2.45, 2.75) is 6.92 Å². The van der Waals surface area contributed by atoms with Crippen molar-refractivity contribution in [3.05, 3.63) is 64.4 Å². The van der Waals surface area contributed by atoms with Gasteiger partial charge in [-0.15, -0.1) is 0 Å². The number of rotatable bonds is 3. The second-order valence-electron chi connectivity index (χ2n) is 4.55. The molecule has 21 heavy (non-hydrogen) atoms. The first kappa shape index (κ1) is 13.7. The van der Waals surface area contributed by atoms with Gasteiger partial charge in [0, 0.05) is 11.1 Å². The van der Waals surface area contributed by atoms with Crippen LogP contribution in [0.15, 0.2) is 48.2 Å². The quantitative estimate of drug-likeness (QED) is 0.790. The standard InChI is InChI=1S/C17H13ClO3/c1-2-20-12-7-8-13-15(10-12)21-16(17(13)19)9-11-5-3-4-6-14(11)18/h3-10H,2H2,1H3/b16-9-. The zero-order valence-corrected chi connectivity index (χ0v) is 12.2. The van der Waals surface area contributed by atoms with Gasteiger partial charge in [0.2, 0.25) is 5.78 Å². The molecule has 3 nitrogen and oxygen atoms in total. The van der Waals surface area contributed by atoms with E-state index in [0.29, 0.717) is 28.7 Å². The molecular formula is C17H13ClO3. The van der Waals surface area contributed by atoms with Crippen LogP contribution in [0, 0.1) is 0 Å². The Labute approximate surface area is 127 Å². The summed E-state index contributed by atoms with van der Waals surface area (Å²) in [6.45, 7) is 2.47. The fourth-order valence-corrected chi connectivity index (χ4v) is 2.35. The van der Waals surface area contributed by atoms with Gasteiger partial charge in [-0.2, -0.15) is 0 Å². The maximum Gasteiger partial charge on any atom is 0.231 e. The minimum absolute atomic E-state index is 0.145. The number of hydrogen-bond donors (Lipinski definition) is 0. The highest BCUT2D eigenvalue weighted by Crippen LogP contribution is 2.35. The molecule has 2 aromatic carbocycles. The van der Waals surface area contributed by atoms with E-state index in [4.69, 9.17) is 21.1 Å². The predicted molar refractivity (Wildman–Crippen MR) is 82.0 cm³/mol. The third-order valence-corrected chi connectivity index (χ3v) is 3.49. The first-order chi connectivity index (χ1) is 10.2. The van der Waals surface area contributed by atoms with E-state index in [0.717, 1.165) is 5.56 Å². The molecule has 1 heterocycles. The SMILES string of the molecule is CCOc1ccc2c(c1)O/C(=C\c1ccccc1Cl)C2=O. The number of ketones is 1. The van der Waals surface area contributed by atoms with Crippen LogP contribution in [0.2, 0.25) is 5.02 Å². The zero-order valence-electron chi connectivity index (χ0n) is 11.4. The minimum Gasteiger partial charge on any atom is -0.494 e. The molecule has 0 amide bonds. The third-order valence-electron chi connectivity index (χ3n) is 3.14. The lowest BCUT2D eigenvalue weighted by atomic mass is 10.1. The van der Waals surface area contributed by atoms with E-state index in [1.165, 1.54) is 0 Å². The van der Waals surface area contributed by atoms with Crippen molar-refractivity contribution in [1.29, 1.82) is 0 Å². The average molecular weight is 301 g/mol. The van der Waals surface area contributed by atoms with Gasteiger partial charge in [-0.25, -0.2) is 0 Å². The van der Waals surface area contributed by atoms with E-state index in [2.05, 4.69) is 0 Å². The summed E-state index contributed by atoms with van der Waals surface area (Å²) in [5, 5.41) is 0.576. The first-order valence-corrected chi connectivity index (χ1v) is 7.02.